The summed E-state index contributed by atoms with van der Waals surface area (Å²) in [5.74, 6) is 0.153. The van der Waals surface area contributed by atoms with Crippen LogP contribution in [0.3, 0.4) is 0 Å². The van der Waals surface area contributed by atoms with Gasteiger partial charge in [0.15, 0.2) is 11.2 Å². The van der Waals surface area contributed by atoms with E-state index in [1.54, 1.807) is 7.05 Å². The van der Waals surface area contributed by atoms with Gasteiger partial charge in [-0.1, -0.05) is 11.6 Å². The number of hydrogen-bond acceptors (Lipinski definition) is 7. The molecule has 3 heterocycles. The molecule has 0 aliphatic carbocycles. The van der Waals surface area contributed by atoms with Gasteiger partial charge in [-0.3, -0.25) is 18.7 Å². The number of hydrogen-bond donors (Lipinski definition) is 1. The first-order valence-corrected chi connectivity index (χ1v) is 10.1. The molecule has 0 unspecified atom stereocenters. The number of aromatic nitrogens is 4. The fourth-order valence-electron chi connectivity index (χ4n) is 3.74. The summed E-state index contributed by atoms with van der Waals surface area (Å²) in [6.07, 6.45) is 3.84. The number of anilines is 1. The summed E-state index contributed by atoms with van der Waals surface area (Å²) in [5.41, 5.74) is 6.97. The lowest BCUT2D eigenvalue weighted by Gasteiger charge is -2.31. The molecule has 2 aromatic rings. The molecule has 3 rings (SSSR count). The van der Waals surface area contributed by atoms with Crippen molar-refractivity contribution in [1.82, 2.24) is 18.7 Å². The van der Waals surface area contributed by atoms with Crippen LogP contribution in [0.1, 0.15) is 33.1 Å². The minimum atomic E-state index is -0.509. The zero-order valence-electron chi connectivity index (χ0n) is 18.1. The molecule has 1 aliphatic rings. The van der Waals surface area contributed by atoms with Gasteiger partial charge in [-0.25, -0.2) is 4.79 Å². The maximum absolute atomic E-state index is 13.3. The largest absolute Gasteiger partial charge is 0.469 e. The number of piperidine rings is 1. The van der Waals surface area contributed by atoms with E-state index in [1.165, 1.54) is 11.7 Å². The van der Waals surface area contributed by atoms with Gasteiger partial charge in [-0.15, -0.1) is 0 Å². The number of imidazole rings is 1. The van der Waals surface area contributed by atoms with Crippen molar-refractivity contribution in [1.29, 1.82) is 0 Å². The normalized spacial score (nSPS) is 16.7. The highest BCUT2D eigenvalue weighted by Crippen LogP contribution is 2.23. The van der Waals surface area contributed by atoms with Crippen LogP contribution in [0, 0.1) is 0 Å². The van der Waals surface area contributed by atoms with Crippen LogP contribution in [0.15, 0.2) is 21.2 Å². The Kier molecular flexibility index (Phi) is 6.45. The fraction of sp³-hybridized carbons (Fsp3) is 0.600. The van der Waals surface area contributed by atoms with E-state index in [1.807, 2.05) is 24.5 Å². The Balaban J connectivity index is 2.21. The lowest BCUT2D eigenvalue weighted by molar-refractivity contribution is -0.140. The van der Waals surface area contributed by atoms with E-state index >= 15 is 0 Å². The number of allylic oxidation sites excluding steroid dienone is 2. The predicted octanol–water partition coefficient (Wildman–Crippen LogP) is 0.354. The topological polar surface area (TPSA) is 117 Å². The molecule has 2 aromatic heterocycles. The van der Waals surface area contributed by atoms with E-state index in [9.17, 15) is 14.4 Å². The second kappa shape index (κ2) is 8.86. The molecule has 0 amide bonds. The molecule has 1 atom stereocenters. The minimum absolute atomic E-state index is 0.0380. The third kappa shape index (κ3) is 4.18. The second-order valence-electron chi connectivity index (χ2n) is 7.95. The molecule has 10 heteroatoms. The Morgan fingerprint density at radius 1 is 1.30 bits per heavy atom. The Hall–Kier alpha value is -2.88. The SMILES string of the molecule is COC(=O)CCn1c(=O)c2c(nc(N3CCC[C@H](N)C3)n2CC=C(C)C)n(C)c1=O. The van der Waals surface area contributed by atoms with Gasteiger partial charge in [0.25, 0.3) is 5.56 Å². The molecule has 1 aliphatic heterocycles. The van der Waals surface area contributed by atoms with Gasteiger partial charge in [-0.05, 0) is 26.7 Å². The third-order valence-electron chi connectivity index (χ3n) is 5.40. The van der Waals surface area contributed by atoms with E-state index in [-0.39, 0.29) is 19.0 Å². The summed E-state index contributed by atoms with van der Waals surface area (Å²) in [6, 6.07) is 0.0380. The molecule has 10 nitrogen and oxygen atoms in total. The number of carbonyl (C=O) groups excluding carboxylic acids is 1. The summed E-state index contributed by atoms with van der Waals surface area (Å²) in [6.45, 7) is 5.80. The van der Waals surface area contributed by atoms with Gasteiger partial charge < -0.3 is 19.9 Å². The van der Waals surface area contributed by atoms with Crippen molar-refractivity contribution < 1.29 is 9.53 Å². The Morgan fingerprint density at radius 3 is 2.67 bits per heavy atom. The smallest absolute Gasteiger partial charge is 0.332 e. The molecule has 1 fully saturated rings. The van der Waals surface area contributed by atoms with Crippen LogP contribution in [0.2, 0.25) is 0 Å². The van der Waals surface area contributed by atoms with Crippen LogP contribution in [-0.4, -0.2) is 50.9 Å². The first kappa shape index (κ1) is 21.8. The van der Waals surface area contributed by atoms with Gasteiger partial charge >= 0.3 is 11.7 Å². The van der Waals surface area contributed by atoms with E-state index in [4.69, 9.17) is 5.73 Å². The molecule has 0 radical (unpaired) electrons. The Bertz CT molecular complexity index is 1090. The average Bonchev–Trinajstić information content (AvgIpc) is 3.10. The lowest BCUT2D eigenvalue weighted by atomic mass is 10.1. The number of ether oxygens (including phenoxy) is 1. The van der Waals surface area contributed by atoms with Crippen LogP contribution in [-0.2, 0) is 29.7 Å². The van der Waals surface area contributed by atoms with Crippen LogP contribution in [0.4, 0.5) is 5.95 Å². The van der Waals surface area contributed by atoms with Crippen molar-refractivity contribution in [2.45, 2.75) is 52.2 Å². The average molecular weight is 418 g/mol. The van der Waals surface area contributed by atoms with Gasteiger partial charge in [-0.2, -0.15) is 4.98 Å². The van der Waals surface area contributed by atoms with Crippen LogP contribution < -0.4 is 21.9 Å². The number of fused-ring (bicyclic) bond motifs is 1. The maximum atomic E-state index is 13.3. The number of carbonyl (C=O) groups is 1. The van der Waals surface area contributed by atoms with Crippen molar-refractivity contribution in [3.63, 3.8) is 0 Å². The van der Waals surface area contributed by atoms with Gasteiger partial charge in [0.2, 0.25) is 5.95 Å². The number of rotatable bonds is 6. The molecule has 164 valence electrons. The Morgan fingerprint density at radius 2 is 2.03 bits per heavy atom. The van der Waals surface area contributed by atoms with Crippen molar-refractivity contribution in [2.75, 3.05) is 25.1 Å². The van der Waals surface area contributed by atoms with Crippen LogP contribution >= 0.6 is 0 Å². The molecule has 1 saturated heterocycles. The van der Waals surface area contributed by atoms with Crippen LogP contribution in [0.5, 0.6) is 0 Å². The summed E-state index contributed by atoms with van der Waals surface area (Å²) in [5, 5.41) is 0. The molecule has 0 spiro atoms. The number of methoxy groups -OCH3 is 1. The monoisotopic (exact) mass is 418 g/mol. The molecular weight excluding hydrogens is 388 g/mol. The number of nitrogens with zero attached hydrogens (tertiary/aromatic N) is 5. The molecule has 2 N–H and O–H groups in total. The molecule has 0 aromatic carbocycles. The van der Waals surface area contributed by atoms with Gasteiger partial charge in [0.1, 0.15) is 0 Å². The summed E-state index contributed by atoms with van der Waals surface area (Å²) < 4.78 is 8.93. The van der Waals surface area contributed by atoms with Gasteiger partial charge in [0, 0.05) is 39.3 Å². The maximum Gasteiger partial charge on any atom is 0.332 e. The summed E-state index contributed by atoms with van der Waals surface area (Å²) in [7, 11) is 2.86. The van der Waals surface area contributed by atoms with Crippen molar-refractivity contribution in [3.05, 3.63) is 32.5 Å². The van der Waals surface area contributed by atoms with Crippen molar-refractivity contribution in [3.8, 4) is 0 Å². The first-order valence-electron chi connectivity index (χ1n) is 10.1. The predicted molar refractivity (Wildman–Crippen MR) is 115 cm³/mol. The molecule has 0 bridgehead atoms. The lowest BCUT2D eigenvalue weighted by Crippen LogP contribution is -2.44. The zero-order valence-corrected chi connectivity index (χ0v) is 18.1. The fourth-order valence-corrected chi connectivity index (χ4v) is 3.74. The third-order valence-corrected chi connectivity index (χ3v) is 5.40. The summed E-state index contributed by atoms with van der Waals surface area (Å²) in [4.78, 5) is 44.4. The van der Waals surface area contributed by atoms with Crippen molar-refractivity contribution >= 4 is 23.1 Å². The number of esters is 1. The molecule has 0 saturated carbocycles. The first-order chi connectivity index (χ1) is 14.2. The second-order valence-corrected chi connectivity index (χ2v) is 7.95. The number of aryl methyl sites for hydroxylation is 1. The molecular formula is C20H30N6O4. The highest BCUT2D eigenvalue weighted by atomic mass is 16.5. The minimum Gasteiger partial charge on any atom is -0.469 e. The summed E-state index contributed by atoms with van der Waals surface area (Å²) >= 11 is 0. The van der Waals surface area contributed by atoms with Gasteiger partial charge in [0.05, 0.1) is 13.5 Å². The Labute approximate surface area is 174 Å². The van der Waals surface area contributed by atoms with E-state index in [0.29, 0.717) is 30.2 Å². The van der Waals surface area contributed by atoms with E-state index < -0.39 is 17.2 Å². The van der Waals surface area contributed by atoms with E-state index in [2.05, 4.69) is 14.6 Å². The molecule has 30 heavy (non-hydrogen) atoms. The zero-order chi connectivity index (χ0) is 22.0. The number of nitrogens with two attached hydrogens (primary N) is 1. The van der Waals surface area contributed by atoms with E-state index in [0.717, 1.165) is 29.5 Å². The standard InChI is InChI=1S/C20H30N6O4/c1-13(2)7-10-25-16-17(22-19(25)24-9-5-6-14(21)12-24)23(3)20(29)26(18(16)28)11-8-15(27)30-4/h7,14H,5-6,8-12,21H2,1-4H3/t14-/m0/s1. The van der Waals surface area contributed by atoms with Crippen LogP contribution in [0.25, 0.3) is 11.2 Å². The van der Waals surface area contributed by atoms with Crippen molar-refractivity contribution in [2.24, 2.45) is 12.8 Å². The highest BCUT2D eigenvalue weighted by Gasteiger charge is 2.26. The quantitative estimate of drug-likeness (QED) is 0.531. The highest BCUT2D eigenvalue weighted by molar-refractivity contribution is 5.75.